The molecule has 1 aromatic heterocycles. The molecule has 2 heterocycles. The van der Waals surface area contributed by atoms with Crippen molar-refractivity contribution in [1.82, 2.24) is 24.1 Å². The quantitative estimate of drug-likeness (QED) is 0.726. The highest BCUT2D eigenvalue weighted by Gasteiger charge is 2.27. The maximum atomic E-state index is 12.2. The van der Waals surface area contributed by atoms with Crippen molar-refractivity contribution in [2.75, 3.05) is 33.2 Å². The van der Waals surface area contributed by atoms with Crippen molar-refractivity contribution in [3.8, 4) is 0 Å². The van der Waals surface area contributed by atoms with Gasteiger partial charge >= 0.3 is 0 Å². The molecule has 1 fully saturated rings. The lowest BCUT2D eigenvalue weighted by Crippen LogP contribution is -2.46. The van der Waals surface area contributed by atoms with Gasteiger partial charge in [-0.3, -0.25) is 4.68 Å². The maximum absolute atomic E-state index is 12.2. The summed E-state index contributed by atoms with van der Waals surface area (Å²) in [6.45, 7) is 2.58. The molecule has 0 amide bonds. The molecule has 1 saturated heterocycles. The lowest BCUT2D eigenvalue weighted by molar-refractivity contribution is 0.268. The number of nitrogens with one attached hydrogen (secondary N) is 2. The van der Waals surface area contributed by atoms with E-state index in [4.69, 9.17) is 0 Å². The molecule has 0 spiro atoms. The Morgan fingerprint density at radius 3 is 2.67 bits per heavy atom. The third-order valence-electron chi connectivity index (χ3n) is 3.86. The lowest BCUT2D eigenvalue weighted by Gasteiger charge is -2.31. The highest BCUT2D eigenvalue weighted by molar-refractivity contribution is 7.87. The van der Waals surface area contributed by atoms with E-state index in [1.54, 1.807) is 15.2 Å². The molecule has 0 radical (unpaired) electrons. The molecule has 0 aromatic carbocycles. The second-order valence-electron chi connectivity index (χ2n) is 5.57. The number of piperidine rings is 1. The summed E-state index contributed by atoms with van der Waals surface area (Å²) >= 11 is 0. The minimum absolute atomic E-state index is 0.407. The second-order valence-corrected chi connectivity index (χ2v) is 7.33. The van der Waals surface area contributed by atoms with Crippen LogP contribution in [0.25, 0.3) is 0 Å². The first-order valence-electron chi connectivity index (χ1n) is 7.38. The highest BCUT2D eigenvalue weighted by atomic mass is 32.2. The predicted molar refractivity (Wildman–Crippen MR) is 82.1 cm³/mol. The highest BCUT2D eigenvalue weighted by Crippen LogP contribution is 2.18. The van der Waals surface area contributed by atoms with Gasteiger partial charge in [-0.15, -0.1) is 0 Å². The van der Waals surface area contributed by atoms with Gasteiger partial charge in [0.05, 0.1) is 6.20 Å². The third-order valence-corrected chi connectivity index (χ3v) is 5.48. The van der Waals surface area contributed by atoms with Crippen LogP contribution in [0.3, 0.4) is 0 Å². The fourth-order valence-corrected chi connectivity index (χ4v) is 3.89. The first-order chi connectivity index (χ1) is 10.0. The molecule has 0 aliphatic carbocycles. The molecule has 21 heavy (non-hydrogen) atoms. The van der Waals surface area contributed by atoms with Crippen LogP contribution in [0, 0.1) is 5.92 Å². The van der Waals surface area contributed by atoms with Gasteiger partial charge in [-0.2, -0.15) is 17.8 Å². The van der Waals surface area contributed by atoms with Crippen LogP contribution in [0.15, 0.2) is 12.4 Å². The molecule has 1 aromatic rings. The van der Waals surface area contributed by atoms with Crippen LogP contribution in [-0.4, -0.2) is 55.7 Å². The summed E-state index contributed by atoms with van der Waals surface area (Å²) in [7, 11) is 0.434. The summed E-state index contributed by atoms with van der Waals surface area (Å²) in [5.41, 5.74) is 1.04. The molecule has 1 aliphatic heterocycles. The molecule has 8 heteroatoms. The van der Waals surface area contributed by atoms with Crippen molar-refractivity contribution in [3.63, 3.8) is 0 Å². The van der Waals surface area contributed by atoms with Gasteiger partial charge in [0.1, 0.15) is 0 Å². The van der Waals surface area contributed by atoms with Gasteiger partial charge in [-0.25, -0.2) is 4.72 Å². The Kier molecular flexibility index (Phi) is 5.74. The molecule has 2 N–H and O–H groups in total. The first kappa shape index (κ1) is 16.4. The summed E-state index contributed by atoms with van der Waals surface area (Å²) < 4.78 is 30.4. The fourth-order valence-electron chi connectivity index (χ4n) is 2.66. The van der Waals surface area contributed by atoms with Gasteiger partial charge in [0.15, 0.2) is 0 Å². The number of hydrogen-bond acceptors (Lipinski definition) is 4. The van der Waals surface area contributed by atoms with Crippen molar-refractivity contribution < 1.29 is 8.42 Å². The average molecular weight is 315 g/mol. The maximum Gasteiger partial charge on any atom is 0.279 e. The molecule has 0 saturated carbocycles. The summed E-state index contributed by atoms with van der Waals surface area (Å²) in [5.74, 6) is 0.580. The van der Waals surface area contributed by atoms with Crippen LogP contribution in [0.5, 0.6) is 0 Å². The zero-order chi connectivity index (χ0) is 15.3. The van der Waals surface area contributed by atoms with Crippen LogP contribution in [-0.2, 0) is 23.7 Å². The van der Waals surface area contributed by atoms with Gasteiger partial charge in [0.25, 0.3) is 10.2 Å². The Morgan fingerprint density at radius 2 is 2.10 bits per heavy atom. The van der Waals surface area contributed by atoms with Gasteiger partial charge in [0.2, 0.25) is 0 Å². The van der Waals surface area contributed by atoms with Crippen LogP contribution in [0.1, 0.15) is 18.4 Å². The second kappa shape index (κ2) is 7.35. The number of aryl methyl sites for hydroxylation is 1. The Morgan fingerprint density at radius 1 is 1.38 bits per heavy atom. The van der Waals surface area contributed by atoms with E-state index in [-0.39, 0.29) is 0 Å². The van der Waals surface area contributed by atoms with Gasteiger partial charge in [-0.05, 0) is 44.3 Å². The molecule has 0 unspecified atom stereocenters. The Bertz CT molecular complexity index is 535. The van der Waals surface area contributed by atoms with E-state index >= 15 is 0 Å². The molecule has 0 bridgehead atoms. The van der Waals surface area contributed by atoms with E-state index in [2.05, 4.69) is 15.1 Å². The van der Waals surface area contributed by atoms with Crippen molar-refractivity contribution in [2.45, 2.75) is 19.3 Å². The Hall–Kier alpha value is -0.960. The van der Waals surface area contributed by atoms with Crippen molar-refractivity contribution in [3.05, 3.63) is 18.0 Å². The van der Waals surface area contributed by atoms with Crippen molar-refractivity contribution >= 4 is 10.2 Å². The third kappa shape index (κ3) is 4.77. The molecule has 1 aliphatic rings. The van der Waals surface area contributed by atoms with Gasteiger partial charge in [0, 0.05) is 32.9 Å². The smallest absolute Gasteiger partial charge is 0.279 e. The number of hydrogen-bond donors (Lipinski definition) is 2. The van der Waals surface area contributed by atoms with E-state index in [9.17, 15) is 8.42 Å². The minimum Gasteiger partial charge on any atom is -0.319 e. The van der Waals surface area contributed by atoms with E-state index in [1.807, 2.05) is 20.3 Å². The number of rotatable bonds is 7. The van der Waals surface area contributed by atoms with Crippen molar-refractivity contribution in [1.29, 1.82) is 0 Å². The van der Waals surface area contributed by atoms with Crippen LogP contribution < -0.4 is 10.0 Å². The zero-order valence-corrected chi connectivity index (χ0v) is 13.6. The molecule has 120 valence electrons. The SMILES string of the molecule is CNCC1CCN(S(=O)(=O)NCCc2cnn(C)c2)CC1. The topological polar surface area (TPSA) is 79.3 Å². The fraction of sp³-hybridized carbons (Fsp3) is 0.769. The molecule has 7 nitrogen and oxygen atoms in total. The summed E-state index contributed by atoms with van der Waals surface area (Å²) in [5, 5.41) is 7.22. The number of nitrogens with zero attached hydrogens (tertiary/aromatic N) is 3. The minimum atomic E-state index is -3.35. The Balaban J connectivity index is 1.77. The number of aromatic nitrogens is 2. The predicted octanol–water partition coefficient (Wildman–Crippen LogP) is -0.272. The van der Waals surface area contributed by atoms with Crippen molar-refractivity contribution in [2.24, 2.45) is 13.0 Å². The first-order valence-corrected chi connectivity index (χ1v) is 8.82. The summed E-state index contributed by atoms with van der Waals surface area (Å²) in [6, 6.07) is 0. The summed E-state index contributed by atoms with van der Waals surface area (Å²) in [4.78, 5) is 0. The lowest BCUT2D eigenvalue weighted by atomic mass is 9.98. The van der Waals surface area contributed by atoms with Gasteiger partial charge in [-0.1, -0.05) is 0 Å². The largest absolute Gasteiger partial charge is 0.319 e. The monoisotopic (exact) mass is 315 g/mol. The zero-order valence-electron chi connectivity index (χ0n) is 12.7. The molecular weight excluding hydrogens is 290 g/mol. The standard InChI is InChI=1S/C13H25N5O2S/c1-14-9-12-4-7-18(8-5-12)21(19,20)16-6-3-13-10-15-17(2)11-13/h10-12,14,16H,3-9H2,1-2H3. The van der Waals surface area contributed by atoms with Crippen LogP contribution in [0.2, 0.25) is 0 Å². The summed E-state index contributed by atoms with van der Waals surface area (Å²) in [6.07, 6.45) is 6.16. The van der Waals surface area contributed by atoms with Crippen LogP contribution >= 0.6 is 0 Å². The molecular formula is C13H25N5O2S. The molecule has 0 atom stereocenters. The van der Waals surface area contributed by atoms with E-state index < -0.39 is 10.2 Å². The van der Waals surface area contributed by atoms with E-state index in [0.717, 1.165) is 24.9 Å². The van der Waals surface area contributed by atoms with E-state index in [0.29, 0.717) is 32.0 Å². The van der Waals surface area contributed by atoms with Crippen LogP contribution in [0.4, 0.5) is 0 Å². The van der Waals surface area contributed by atoms with E-state index in [1.165, 1.54) is 0 Å². The molecule has 2 rings (SSSR count). The Labute approximate surface area is 126 Å². The average Bonchev–Trinajstić information content (AvgIpc) is 2.85. The normalized spacial score (nSPS) is 18.2. The van der Waals surface area contributed by atoms with Gasteiger partial charge < -0.3 is 5.32 Å².